The molecule has 2 aromatic carbocycles. The molecule has 132 valence electrons. The molecule has 1 aliphatic heterocycles. The van der Waals surface area contributed by atoms with E-state index in [1.165, 1.54) is 28.2 Å². The fraction of sp³-hybridized carbons (Fsp3) is 0.250. The maximum atomic E-state index is 13.1. The Kier molecular flexibility index (Phi) is 5.06. The molecule has 1 atom stereocenters. The first-order valence-electron chi connectivity index (χ1n) is 7.45. The lowest BCUT2D eigenvalue weighted by molar-refractivity contribution is -0.385. The molecule has 1 heterocycles. The van der Waals surface area contributed by atoms with Gasteiger partial charge >= 0.3 is 0 Å². The van der Waals surface area contributed by atoms with Crippen molar-refractivity contribution in [3.63, 3.8) is 0 Å². The summed E-state index contributed by atoms with van der Waals surface area (Å²) in [4.78, 5) is 10.5. The first-order valence-corrected chi connectivity index (χ1v) is 10.3. The maximum absolute atomic E-state index is 13.1. The summed E-state index contributed by atoms with van der Waals surface area (Å²) in [6, 6.07) is 11.1. The second kappa shape index (κ2) is 6.95. The van der Waals surface area contributed by atoms with Crippen LogP contribution in [0.15, 0.2) is 47.4 Å². The number of nitro benzene ring substituents is 1. The zero-order valence-electron chi connectivity index (χ0n) is 13.3. The smallest absolute Gasteiger partial charge is 0.258 e. The van der Waals surface area contributed by atoms with E-state index in [1.54, 1.807) is 25.1 Å². The minimum Gasteiger partial charge on any atom is -0.258 e. The molecule has 2 aromatic rings. The van der Waals surface area contributed by atoms with Crippen molar-refractivity contribution in [3.8, 4) is 0 Å². The van der Waals surface area contributed by atoms with Crippen LogP contribution in [0.2, 0.25) is 5.02 Å². The molecule has 3 rings (SSSR count). The highest BCUT2D eigenvalue weighted by atomic mass is 35.5. The van der Waals surface area contributed by atoms with Crippen LogP contribution in [0.5, 0.6) is 0 Å². The van der Waals surface area contributed by atoms with E-state index in [1.807, 2.05) is 6.07 Å². The predicted molar refractivity (Wildman–Crippen MR) is 98.4 cm³/mol. The molecule has 0 saturated carbocycles. The van der Waals surface area contributed by atoms with Crippen LogP contribution < -0.4 is 0 Å². The maximum Gasteiger partial charge on any atom is 0.273 e. The van der Waals surface area contributed by atoms with E-state index >= 15 is 0 Å². The van der Waals surface area contributed by atoms with E-state index in [9.17, 15) is 18.5 Å². The summed E-state index contributed by atoms with van der Waals surface area (Å²) < 4.78 is 27.5. The fourth-order valence-electron chi connectivity index (χ4n) is 2.70. The molecule has 0 aromatic heterocycles. The van der Waals surface area contributed by atoms with E-state index in [2.05, 4.69) is 0 Å². The lowest BCUT2D eigenvalue weighted by Crippen LogP contribution is -2.30. The van der Waals surface area contributed by atoms with Crippen molar-refractivity contribution in [2.45, 2.75) is 17.2 Å². The van der Waals surface area contributed by atoms with Gasteiger partial charge in [0.05, 0.1) is 15.2 Å². The predicted octanol–water partition coefficient (Wildman–Crippen LogP) is 3.99. The molecular formula is C16H15ClN2O4S2. The van der Waals surface area contributed by atoms with Crippen molar-refractivity contribution in [1.29, 1.82) is 0 Å². The van der Waals surface area contributed by atoms with E-state index < -0.39 is 20.3 Å². The Labute approximate surface area is 155 Å². The summed E-state index contributed by atoms with van der Waals surface area (Å²) in [6.45, 7) is 1.90. The van der Waals surface area contributed by atoms with Gasteiger partial charge in [0.15, 0.2) is 0 Å². The van der Waals surface area contributed by atoms with Gasteiger partial charge in [0, 0.05) is 29.0 Å². The highest BCUT2D eigenvalue weighted by molar-refractivity contribution is 8.01. The number of sulfonamides is 1. The van der Waals surface area contributed by atoms with Crippen LogP contribution in [-0.2, 0) is 10.0 Å². The number of rotatable bonds is 4. The monoisotopic (exact) mass is 398 g/mol. The van der Waals surface area contributed by atoms with Crippen LogP contribution in [0.4, 0.5) is 5.69 Å². The lowest BCUT2D eigenvalue weighted by Gasteiger charge is -2.24. The molecule has 0 unspecified atom stereocenters. The number of nitro groups is 1. The van der Waals surface area contributed by atoms with Gasteiger partial charge in [0.1, 0.15) is 0 Å². The number of hydrogen-bond acceptors (Lipinski definition) is 5. The van der Waals surface area contributed by atoms with Crippen LogP contribution in [0.3, 0.4) is 0 Å². The van der Waals surface area contributed by atoms with Crippen molar-refractivity contribution < 1.29 is 13.3 Å². The van der Waals surface area contributed by atoms with Crippen molar-refractivity contribution in [3.05, 3.63) is 68.7 Å². The average molecular weight is 399 g/mol. The summed E-state index contributed by atoms with van der Waals surface area (Å²) in [5.74, 6) is 0.628. The Morgan fingerprint density at radius 2 is 2.00 bits per heavy atom. The van der Waals surface area contributed by atoms with E-state index in [-0.39, 0.29) is 10.6 Å². The summed E-state index contributed by atoms with van der Waals surface area (Å²) in [7, 11) is -3.88. The fourth-order valence-corrected chi connectivity index (χ4v) is 6.30. The molecule has 0 bridgehead atoms. The molecule has 0 N–H and O–H groups in total. The van der Waals surface area contributed by atoms with Gasteiger partial charge in [0.25, 0.3) is 5.69 Å². The van der Waals surface area contributed by atoms with Crippen LogP contribution in [-0.4, -0.2) is 29.9 Å². The third kappa shape index (κ3) is 3.39. The largest absolute Gasteiger partial charge is 0.273 e. The third-order valence-corrected chi connectivity index (χ3v) is 7.58. The molecule has 0 aliphatic carbocycles. The normalized spacial score (nSPS) is 18.4. The molecule has 6 nitrogen and oxygen atoms in total. The molecule has 9 heteroatoms. The topological polar surface area (TPSA) is 80.5 Å². The van der Waals surface area contributed by atoms with Crippen LogP contribution in [0, 0.1) is 17.0 Å². The standard InChI is InChI=1S/C16H15ClN2O4S2/c1-11-6-7-12(10-15(11)19(20)21)25(22,23)18-8-9-24-16(18)13-4-2-3-5-14(13)17/h2-7,10,16H,8-9H2,1H3/t16-/m0/s1. The number of aryl methyl sites for hydroxylation is 1. The molecule has 0 spiro atoms. The van der Waals surface area contributed by atoms with Gasteiger partial charge < -0.3 is 0 Å². The minimum absolute atomic E-state index is 0.0793. The molecular weight excluding hydrogens is 384 g/mol. The van der Waals surface area contributed by atoms with Crippen LogP contribution in [0.1, 0.15) is 16.5 Å². The lowest BCUT2D eigenvalue weighted by atomic mass is 10.2. The Bertz CT molecular complexity index is 933. The molecule has 1 saturated heterocycles. The molecule has 25 heavy (non-hydrogen) atoms. The van der Waals surface area contributed by atoms with E-state index in [0.29, 0.717) is 22.9 Å². The van der Waals surface area contributed by atoms with Crippen molar-refractivity contribution in [2.24, 2.45) is 0 Å². The quantitative estimate of drug-likeness (QED) is 0.574. The minimum atomic E-state index is -3.88. The van der Waals surface area contributed by atoms with Gasteiger partial charge in [-0.1, -0.05) is 35.9 Å². The number of hydrogen-bond donors (Lipinski definition) is 0. The van der Waals surface area contributed by atoms with Crippen LogP contribution in [0.25, 0.3) is 0 Å². The summed E-state index contributed by atoms with van der Waals surface area (Å²) >= 11 is 7.71. The summed E-state index contributed by atoms with van der Waals surface area (Å²) in [5.41, 5.74) is 0.932. The molecule has 1 aliphatic rings. The number of thioether (sulfide) groups is 1. The number of benzene rings is 2. The van der Waals surface area contributed by atoms with Crippen molar-refractivity contribution in [2.75, 3.05) is 12.3 Å². The molecule has 0 amide bonds. The first kappa shape index (κ1) is 18.2. The third-order valence-electron chi connectivity index (χ3n) is 4.00. The zero-order valence-corrected chi connectivity index (χ0v) is 15.6. The highest BCUT2D eigenvalue weighted by Gasteiger charge is 2.38. The molecule has 0 radical (unpaired) electrons. The summed E-state index contributed by atoms with van der Waals surface area (Å²) in [5, 5.41) is 11.2. The Morgan fingerprint density at radius 3 is 2.68 bits per heavy atom. The van der Waals surface area contributed by atoms with Gasteiger partial charge in [0.2, 0.25) is 10.0 Å². The second-order valence-electron chi connectivity index (χ2n) is 5.57. The Hall–Kier alpha value is -1.61. The van der Waals surface area contributed by atoms with Crippen molar-refractivity contribution >= 4 is 39.1 Å². The number of nitrogens with zero attached hydrogens (tertiary/aromatic N) is 2. The van der Waals surface area contributed by atoms with E-state index in [0.717, 1.165) is 11.6 Å². The van der Waals surface area contributed by atoms with Crippen molar-refractivity contribution in [1.82, 2.24) is 4.31 Å². The first-order chi connectivity index (χ1) is 11.8. The Balaban J connectivity index is 2.04. The zero-order chi connectivity index (χ0) is 18.2. The number of halogens is 1. The van der Waals surface area contributed by atoms with Gasteiger partial charge in [-0.3, -0.25) is 10.1 Å². The summed E-state index contributed by atoms with van der Waals surface area (Å²) in [6.07, 6.45) is 0. The van der Waals surface area contributed by atoms with E-state index in [4.69, 9.17) is 11.6 Å². The SMILES string of the molecule is Cc1ccc(S(=O)(=O)N2CCS[C@H]2c2ccccc2Cl)cc1[N+](=O)[O-]. The van der Waals surface area contributed by atoms with Gasteiger partial charge in [-0.2, -0.15) is 4.31 Å². The van der Waals surface area contributed by atoms with Gasteiger partial charge in [-0.05, 0) is 24.6 Å². The van der Waals surface area contributed by atoms with Crippen LogP contribution >= 0.6 is 23.4 Å². The van der Waals surface area contributed by atoms with Gasteiger partial charge in [-0.15, -0.1) is 11.8 Å². The average Bonchev–Trinajstić information content (AvgIpc) is 3.05. The molecule has 1 fully saturated rings. The van der Waals surface area contributed by atoms with Gasteiger partial charge in [-0.25, -0.2) is 8.42 Å². The Morgan fingerprint density at radius 1 is 1.28 bits per heavy atom. The highest BCUT2D eigenvalue weighted by Crippen LogP contribution is 2.43. The second-order valence-corrected chi connectivity index (χ2v) is 9.05.